The average Bonchev–Trinajstić information content (AvgIpc) is 2.58. The predicted octanol–water partition coefficient (Wildman–Crippen LogP) is 1.15. The minimum Gasteiger partial charge on any atom is -0.350 e. The summed E-state index contributed by atoms with van der Waals surface area (Å²) in [6.07, 6.45) is 0. The highest BCUT2D eigenvalue weighted by atomic mass is 19.1. The number of amides is 1. The highest BCUT2D eigenvalue weighted by Gasteiger charge is 2.11. The van der Waals surface area contributed by atoms with Crippen molar-refractivity contribution in [2.45, 2.75) is 13.1 Å². The van der Waals surface area contributed by atoms with E-state index in [2.05, 4.69) is 10.3 Å². The van der Waals surface area contributed by atoms with Gasteiger partial charge in [-0.25, -0.2) is 4.39 Å². The molecule has 1 aromatic heterocycles. The van der Waals surface area contributed by atoms with Gasteiger partial charge in [0.15, 0.2) is 0 Å². The molecule has 1 heterocycles. The molecule has 6 nitrogen and oxygen atoms in total. The lowest BCUT2D eigenvalue weighted by molar-refractivity contribution is -0.121. The zero-order chi connectivity index (χ0) is 17.1. The quantitative estimate of drug-likeness (QED) is 0.705. The number of fused-ring (bicyclic) bond motifs is 1. The predicted molar refractivity (Wildman–Crippen MR) is 87.1 cm³/mol. The number of benzene rings is 2. The summed E-state index contributed by atoms with van der Waals surface area (Å²) in [4.78, 5) is 38.3. The van der Waals surface area contributed by atoms with Crippen molar-refractivity contribution in [3.05, 3.63) is 80.6 Å². The van der Waals surface area contributed by atoms with Crippen molar-refractivity contribution >= 4 is 16.9 Å². The van der Waals surface area contributed by atoms with E-state index in [1.807, 2.05) is 0 Å². The Morgan fingerprint density at radius 1 is 1.08 bits per heavy atom. The van der Waals surface area contributed by atoms with Crippen molar-refractivity contribution in [1.82, 2.24) is 14.9 Å². The number of rotatable bonds is 4. The monoisotopic (exact) mass is 327 g/mol. The van der Waals surface area contributed by atoms with Gasteiger partial charge in [0, 0.05) is 6.54 Å². The molecule has 7 heteroatoms. The largest absolute Gasteiger partial charge is 0.350 e. The van der Waals surface area contributed by atoms with Gasteiger partial charge in [0.25, 0.3) is 0 Å². The van der Waals surface area contributed by atoms with Crippen LogP contribution in [0.2, 0.25) is 0 Å². The van der Waals surface area contributed by atoms with Crippen LogP contribution in [0.4, 0.5) is 4.39 Å². The van der Waals surface area contributed by atoms with E-state index in [-0.39, 0.29) is 18.9 Å². The molecular formula is C17H14FN3O3. The molecule has 0 spiro atoms. The lowest BCUT2D eigenvalue weighted by Gasteiger charge is -2.10. The number of aromatic amines is 1. The van der Waals surface area contributed by atoms with E-state index in [0.717, 1.165) is 10.1 Å². The summed E-state index contributed by atoms with van der Waals surface area (Å²) >= 11 is 0. The van der Waals surface area contributed by atoms with Gasteiger partial charge in [-0.1, -0.05) is 24.3 Å². The van der Waals surface area contributed by atoms with Crippen LogP contribution in [0.1, 0.15) is 5.56 Å². The first-order valence-corrected chi connectivity index (χ1v) is 7.27. The topological polar surface area (TPSA) is 84.0 Å². The molecule has 2 N–H and O–H groups in total. The minimum absolute atomic E-state index is 0.203. The molecule has 0 radical (unpaired) electrons. The molecule has 3 aromatic rings. The van der Waals surface area contributed by atoms with Crippen LogP contribution in [0, 0.1) is 5.82 Å². The van der Waals surface area contributed by atoms with E-state index in [9.17, 15) is 18.8 Å². The first-order valence-electron chi connectivity index (χ1n) is 7.27. The summed E-state index contributed by atoms with van der Waals surface area (Å²) in [6, 6.07) is 12.5. The van der Waals surface area contributed by atoms with Gasteiger partial charge < -0.3 is 10.3 Å². The fourth-order valence-electron chi connectivity index (χ4n) is 2.38. The standard InChI is InChI=1S/C17H14FN3O3/c18-12-7-5-11(6-8-12)9-19-15(22)10-21-14-4-2-1-3-13(14)20-16(23)17(21)24/h1-8H,9-10H2,(H,19,22)(H,20,23). The number of H-pyrrole nitrogens is 1. The Labute approximate surface area is 135 Å². The summed E-state index contributed by atoms with van der Waals surface area (Å²) in [5, 5.41) is 2.64. The van der Waals surface area contributed by atoms with Crippen LogP contribution >= 0.6 is 0 Å². The van der Waals surface area contributed by atoms with Crippen molar-refractivity contribution in [2.75, 3.05) is 0 Å². The lowest BCUT2D eigenvalue weighted by atomic mass is 10.2. The Balaban J connectivity index is 1.80. The first kappa shape index (κ1) is 15.7. The van der Waals surface area contributed by atoms with E-state index in [1.165, 1.54) is 12.1 Å². The van der Waals surface area contributed by atoms with Crippen LogP contribution < -0.4 is 16.4 Å². The molecule has 0 saturated carbocycles. The molecule has 0 saturated heterocycles. The highest BCUT2D eigenvalue weighted by molar-refractivity contribution is 5.79. The lowest BCUT2D eigenvalue weighted by Crippen LogP contribution is -2.40. The van der Waals surface area contributed by atoms with Gasteiger partial charge in [-0.15, -0.1) is 0 Å². The highest BCUT2D eigenvalue weighted by Crippen LogP contribution is 2.07. The molecular weight excluding hydrogens is 313 g/mol. The SMILES string of the molecule is O=C(Cn1c(=O)c(=O)[nH]c2ccccc21)NCc1ccc(F)cc1. The van der Waals surface area contributed by atoms with Crippen LogP contribution in [0.3, 0.4) is 0 Å². The number of hydrogen-bond acceptors (Lipinski definition) is 3. The summed E-state index contributed by atoms with van der Waals surface area (Å²) in [7, 11) is 0. The Kier molecular flexibility index (Phi) is 4.24. The van der Waals surface area contributed by atoms with Crippen LogP contribution in [0.25, 0.3) is 11.0 Å². The third-order valence-corrected chi connectivity index (χ3v) is 3.59. The average molecular weight is 327 g/mol. The molecule has 0 bridgehead atoms. The first-order chi connectivity index (χ1) is 11.5. The van der Waals surface area contributed by atoms with Crippen molar-refractivity contribution in [3.8, 4) is 0 Å². The molecule has 1 amide bonds. The van der Waals surface area contributed by atoms with Crippen molar-refractivity contribution in [2.24, 2.45) is 0 Å². The van der Waals surface area contributed by atoms with E-state index in [1.54, 1.807) is 36.4 Å². The third kappa shape index (κ3) is 3.24. The Morgan fingerprint density at radius 3 is 2.54 bits per heavy atom. The number of nitrogens with zero attached hydrogens (tertiary/aromatic N) is 1. The zero-order valence-corrected chi connectivity index (χ0v) is 12.6. The Morgan fingerprint density at radius 2 is 1.79 bits per heavy atom. The second kappa shape index (κ2) is 6.49. The molecule has 0 fully saturated rings. The van der Waals surface area contributed by atoms with E-state index in [4.69, 9.17) is 0 Å². The van der Waals surface area contributed by atoms with Gasteiger partial charge in [-0.3, -0.25) is 19.0 Å². The van der Waals surface area contributed by atoms with E-state index < -0.39 is 17.0 Å². The van der Waals surface area contributed by atoms with Gasteiger partial charge in [0.05, 0.1) is 11.0 Å². The summed E-state index contributed by atoms with van der Waals surface area (Å²) in [5.41, 5.74) is 0.117. The molecule has 0 atom stereocenters. The number of nitrogens with one attached hydrogen (secondary N) is 2. The second-order valence-electron chi connectivity index (χ2n) is 5.27. The molecule has 3 rings (SSSR count). The molecule has 0 aliphatic rings. The fourth-order valence-corrected chi connectivity index (χ4v) is 2.38. The van der Waals surface area contributed by atoms with Crippen molar-refractivity contribution < 1.29 is 9.18 Å². The van der Waals surface area contributed by atoms with Crippen LogP contribution in [0.15, 0.2) is 58.1 Å². The van der Waals surface area contributed by atoms with E-state index >= 15 is 0 Å². The van der Waals surface area contributed by atoms with E-state index in [0.29, 0.717) is 11.0 Å². The van der Waals surface area contributed by atoms with Gasteiger partial charge in [0.1, 0.15) is 12.4 Å². The maximum absolute atomic E-state index is 12.8. The number of aromatic nitrogens is 2. The Bertz CT molecular complexity index is 1010. The normalized spacial score (nSPS) is 10.7. The zero-order valence-electron chi connectivity index (χ0n) is 12.6. The summed E-state index contributed by atoms with van der Waals surface area (Å²) in [5.74, 6) is -0.774. The smallest absolute Gasteiger partial charge is 0.317 e. The molecule has 2 aromatic carbocycles. The van der Waals surface area contributed by atoms with Gasteiger partial charge in [0.2, 0.25) is 5.91 Å². The third-order valence-electron chi connectivity index (χ3n) is 3.59. The number of para-hydroxylation sites is 2. The van der Waals surface area contributed by atoms with Gasteiger partial charge in [-0.05, 0) is 29.8 Å². The van der Waals surface area contributed by atoms with Crippen LogP contribution in [-0.2, 0) is 17.9 Å². The summed E-state index contributed by atoms with van der Waals surface area (Å²) in [6.45, 7) is -0.0700. The maximum atomic E-state index is 12.8. The maximum Gasteiger partial charge on any atom is 0.317 e. The number of hydrogen-bond donors (Lipinski definition) is 2. The number of carbonyl (C=O) groups excluding carboxylic acids is 1. The van der Waals surface area contributed by atoms with Crippen molar-refractivity contribution in [3.63, 3.8) is 0 Å². The molecule has 24 heavy (non-hydrogen) atoms. The molecule has 122 valence electrons. The van der Waals surface area contributed by atoms with Crippen LogP contribution in [0.5, 0.6) is 0 Å². The molecule has 0 unspecified atom stereocenters. The van der Waals surface area contributed by atoms with Gasteiger partial charge >= 0.3 is 11.1 Å². The molecule has 0 aliphatic carbocycles. The fraction of sp³-hybridized carbons (Fsp3) is 0.118. The van der Waals surface area contributed by atoms with Gasteiger partial charge in [-0.2, -0.15) is 0 Å². The minimum atomic E-state index is -0.786. The number of halogens is 1. The molecule has 0 aliphatic heterocycles. The van der Waals surface area contributed by atoms with Crippen LogP contribution in [-0.4, -0.2) is 15.5 Å². The second-order valence-corrected chi connectivity index (χ2v) is 5.27. The Hall–Kier alpha value is -3.22. The summed E-state index contributed by atoms with van der Waals surface area (Å²) < 4.78 is 14.0. The van der Waals surface area contributed by atoms with Crippen molar-refractivity contribution in [1.29, 1.82) is 0 Å². The number of carbonyl (C=O) groups is 1.